The van der Waals surface area contributed by atoms with Crippen molar-refractivity contribution in [3.05, 3.63) is 84.6 Å². The standard InChI is InChI=1S/C25H27N3O2/c1-2-3-13-24-27-21(19-28(24)23-14-7-8-16-26-23)25-22(15-18-30-25)29-17-9-12-20-10-5-4-6-11-20/h4-8,10-11,14-16,18-19H,2-3,9,12-13,17H2,1H3. The summed E-state index contributed by atoms with van der Waals surface area (Å²) in [6.45, 7) is 2.81. The molecule has 0 unspecified atom stereocenters. The average molecular weight is 402 g/mol. The largest absolute Gasteiger partial charge is 0.489 e. The second-order valence-electron chi connectivity index (χ2n) is 7.26. The SMILES string of the molecule is CCCCc1nc(-c2occc2OCCCc2ccccc2)cn1-c1ccccn1. The van der Waals surface area contributed by atoms with Crippen LogP contribution in [0, 0.1) is 0 Å². The summed E-state index contributed by atoms with van der Waals surface area (Å²) in [7, 11) is 0. The van der Waals surface area contributed by atoms with Gasteiger partial charge in [-0.15, -0.1) is 0 Å². The summed E-state index contributed by atoms with van der Waals surface area (Å²) in [6.07, 6.45) is 10.5. The monoisotopic (exact) mass is 401 g/mol. The first kappa shape index (κ1) is 20.0. The highest BCUT2D eigenvalue weighted by Crippen LogP contribution is 2.31. The Labute approximate surface area is 177 Å². The minimum absolute atomic E-state index is 0.630. The molecule has 0 saturated carbocycles. The molecule has 0 aliphatic rings. The van der Waals surface area contributed by atoms with Gasteiger partial charge >= 0.3 is 0 Å². The van der Waals surface area contributed by atoms with E-state index in [1.807, 2.05) is 41.1 Å². The summed E-state index contributed by atoms with van der Waals surface area (Å²) in [6, 6.07) is 18.2. The van der Waals surface area contributed by atoms with E-state index in [-0.39, 0.29) is 0 Å². The van der Waals surface area contributed by atoms with E-state index < -0.39 is 0 Å². The smallest absolute Gasteiger partial charge is 0.195 e. The normalized spacial score (nSPS) is 11.0. The average Bonchev–Trinajstić information content (AvgIpc) is 3.43. The van der Waals surface area contributed by atoms with Gasteiger partial charge in [0.2, 0.25) is 0 Å². The van der Waals surface area contributed by atoms with Crippen LogP contribution in [0.2, 0.25) is 0 Å². The van der Waals surface area contributed by atoms with Crippen LogP contribution in [-0.2, 0) is 12.8 Å². The van der Waals surface area contributed by atoms with E-state index in [2.05, 4.69) is 36.2 Å². The molecular weight excluding hydrogens is 374 g/mol. The number of benzene rings is 1. The van der Waals surface area contributed by atoms with E-state index in [9.17, 15) is 0 Å². The third kappa shape index (κ3) is 4.79. The van der Waals surface area contributed by atoms with Gasteiger partial charge < -0.3 is 9.15 Å². The summed E-state index contributed by atoms with van der Waals surface area (Å²) < 4.78 is 13.8. The Kier molecular flexibility index (Phi) is 6.60. The maximum Gasteiger partial charge on any atom is 0.195 e. The number of nitrogens with zero attached hydrogens (tertiary/aromatic N) is 3. The van der Waals surface area contributed by atoms with E-state index in [0.29, 0.717) is 12.4 Å². The zero-order valence-electron chi connectivity index (χ0n) is 17.3. The number of furan rings is 1. The molecule has 3 aromatic heterocycles. The summed E-state index contributed by atoms with van der Waals surface area (Å²) in [5.74, 6) is 3.24. The van der Waals surface area contributed by atoms with Gasteiger partial charge in [-0.3, -0.25) is 4.57 Å². The van der Waals surface area contributed by atoms with Crippen molar-refractivity contribution in [3.8, 4) is 23.0 Å². The molecule has 0 radical (unpaired) electrons. The fourth-order valence-corrected chi connectivity index (χ4v) is 3.43. The Morgan fingerprint density at radius 1 is 0.967 bits per heavy atom. The molecule has 5 nitrogen and oxygen atoms in total. The van der Waals surface area contributed by atoms with Gasteiger partial charge in [0.1, 0.15) is 17.3 Å². The number of unbranched alkanes of at least 4 members (excludes halogenated alkanes) is 1. The molecule has 4 aromatic rings. The zero-order chi connectivity index (χ0) is 20.6. The van der Waals surface area contributed by atoms with Gasteiger partial charge in [-0.05, 0) is 37.0 Å². The van der Waals surface area contributed by atoms with E-state index in [0.717, 1.165) is 55.2 Å². The van der Waals surface area contributed by atoms with Crippen molar-refractivity contribution in [3.63, 3.8) is 0 Å². The molecule has 3 heterocycles. The van der Waals surface area contributed by atoms with Gasteiger partial charge in [-0.1, -0.05) is 49.7 Å². The van der Waals surface area contributed by atoms with E-state index in [4.69, 9.17) is 14.1 Å². The molecular formula is C25H27N3O2. The van der Waals surface area contributed by atoms with Crippen molar-refractivity contribution in [2.75, 3.05) is 6.61 Å². The lowest BCUT2D eigenvalue weighted by atomic mass is 10.1. The van der Waals surface area contributed by atoms with Crippen LogP contribution in [0.15, 0.2) is 77.7 Å². The Bertz CT molecular complexity index is 1040. The first-order chi connectivity index (χ1) is 14.8. The predicted octanol–water partition coefficient (Wildman–Crippen LogP) is 5.88. The third-order valence-corrected chi connectivity index (χ3v) is 5.00. The third-order valence-electron chi connectivity index (χ3n) is 5.00. The van der Waals surface area contributed by atoms with E-state index in [1.54, 1.807) is 12.5 Å². The fourth-order valence-electron chi connectivity index (χ4n) is 3.43. The van der Waals surface area contributed by atoms with Gasteiger partial charge in [0.05, 0.1) is 12.9 Å². The van der Waals surface area contributed by atoms with Crippen LogP contribution in [0.4, 0.5) is 0 Å². The van der Waals surface area contributed by atoms with Gasteiger partial charge in [0, 0.05) is 24.9 Å². The Morgan fingerprint density at radius 3 is 2.63 bits per heavy atom. The highest BCUT2D eigenvalue weighted by molar-refractivity contribution is 5.61. The number of imidazole rings is 1. The minimum atomic E-state index is 0.630. The first-order valence-corrected chi connectivity index (χ1v) is 10.6. The summed E-state index contributed by atoms with van der Waals surface area (Å²) in [5.41, 5.74) is 2.10. The summed E-state index contributed by atoms with van der Waals surface area (Å²) in [4.78, 5) is 9.34. The van der Waals surface area contributed by atoms with Crippen LogP contribution < -0.4 is 4.74 Å². The molecule has 0 N–H and O–H groups in total. The minimum Gasteiger partial charge on any atom is -0.489 e. The molecule has 0 amide bonds. The molecule has 1 aromatic carbocycles. The van der Waals surface area contributed by atoms with Crippen LogP contribution in [-0.4, -0.2) is 21.1 Å². The number of ether oxygens (including phenoxy) is 1. The molecule has 0 spiro atoms. The summed E-state index contributed by atoms with van der Waals surface area (Å²) in [5, 5.41) is 0. The Morgan fingerprint density at radius 2 is 1.83 bits per heavy atom. The van der Waals surface area contributed by atoms with Crippen LogP contribution >= 0.6 is 0 Å². The second kappa shape index (κ2) is 9.92. The number of aromatic nitrogens is 3. The molecule has 30 heavy (non-hydrogen) atoms. The highest BCUT2D eigenvalue weighted by atomic mass is 16.5. The topological polar surface area (TPSA) is 53.1 Å². The molecule has 0 atom stereocenters. The molecule has 0 fully saturated rings. The van der Waals surface area contributed by atoms with Crippen molar-refractivity contribution in [1.29, 1.82) is 0 Å². The molecule has 0 saturated heterocycles. The van der Waals surface area contributed by atoms with Crippen LogP contribution in [0.1, 0.15) is 37.6 Å². The summed E-state index contributed by atoms with van der Waals surface area (Å²) >= 11 is 0. The predicted molar refractivity (Wildman–Crippen MR) is 118 cm³/mol. The first-order valence-electron chi connectivity index (χ1n) is 10.6. The molecule has 0 aliphatic heterocycles. The molecule has 154 valence electrons. The maximum absolute atomic E-state index is 6.03. The number of pyridine rings is 1. The number of hydrogen-bond acceptors (Lipinski definition) is 4. The number of rotatable bonds is 10. The van der Waals surface area contributed by atoms with Gasteiger partial charge in [0.15, 0.2) is 11.5 Å². The lowest BCUT2D eigenvalue weighted by Crippen LogP contribution is -2.02. The van der Waals surface area contributed by atoms with Crippen LogP contribution in [0.3, 0.4) is 0 Å². The molecule has 4 rings (SSSR count). The Balaban J connectivity index is 1.49. The Hall–Kier alpha value is -3.34. The van der Waals surface area contributed by atoms with Crippen molar-refractivity contribution in [1.82, 2.24) is 14.5 Å². The zero-order valence-corrected chi connectivity index (χ0v) is 17.3. The van der Waals surface area contributed by atoms with E-state index >= 15 is 0 Å². The van der Waals surface area contributed by atoms with Crippen molar-refractivity contribution in [2.24, 2.45) is 0 Å². The lowest BCUT2D eigenvalue weighted by molar-refractivity contribution is 0.309. The maximum atomic E-state index is 6.03. The van der Waals surface area contributed by atoms with Gasteiger partial charge in [-0.25, -0.2) is 9.97 Å². The van der Waals surface area contributed by atoms with Crippen molar-refractivity contribution < 1.29 is 9.15 Å². The van der Waals surface area contributed by atoms with E-state index in [1.165, 1.54) is 5.56 Å². The second-order valence-corrected chi connectivity index (χ2v) is 7.26. The van der Waals surface area contributed by atoms with Crippen molar-refractivity contribution in [2.45, 2.75) is 39.0 Å². The van der Waals surface area contributed by atoms with Gasteiger partial charge in [0.25, 0.3) is 0 Å². The highest BCUT2D eigenvalue weighted by Gasteiger charge is 2.17. The van der Waals surface area contributed by atoms with Crippen LogP contribution in [0.25, 0.3) is 17.3 Å². The molecule has 5 heteroatoms. The van der Waals surface area contributed by atoms with Crippen LogP contribution in [0.5, 0.6) is 5.75 Å². The van der Waals surface area contributed by atoms with Crippen molar-refractivity contribution >= 4 is 0 Å². The van der Waals surface area contributed by atoms with Gasteiger partial charge in [-0.2, -0.15) is 0 Å². The lowest BCUT2D eigenvalue weighted by Gasteiger charge is -2.05. The number of hydrogen-bond donors (Lipinski definition) is 0. The fraction of sp³-hybridized carbons (Fsp3) is 0.280. The molecule has 0 aliphatic carbocycles. The molecule has 0 bridgehead atoms. The number of aryl methyl sites for hydroxylation is 2. The quantitative estimate of drug-likeness (QED) is 0.311.